The van der Waals surface area contributed by atoms with Gasteiger partial charge < -0.3 is 16.0 Å². The van der Waals surface area contributed by atoms with Crippen LogP contribution in [0.15, 0.2) is 144 Å². The van der Waals surface area contributed by atoms with E-state index in [1.807, 2.05) is 73.7 Å². The summed E-state index contributed by atoms with van der Waals surface area (Å²) >= 11 is 1.31. The molecule has 0 aliphatic rings. The zero-order valence-corrected chi connectivity index (χ0v) is 25.2. The number of amides is 3. The molecule has 0 saturated heterocycles. The van der Waals surface area contributed by atoms with Gasteiger partial charge in [0.2, 0.25) is 5.91 Å². The maximum atomic E-state index is 13.5. The fourth-order valence-corrected chi connectivity index (χ4v) is 5.48. The van der Waals surface area contributed by atoms with Gasteiger partial charge in [-0.25, -0.2) is 4.39 Å². The summed E-state index contributed by atoms with van der Waals surface area (Å²) in [6.45, 7) is 1.97. The molecule has 0 saturated carbocycles. The number of benzene rings is 5. The normalized spacial score (nSPS) is 11.7. The Bertz CT molecular complexity index is 1810. The van der Waals surface area contributed by atoms with E-state index in [2.05, 4.69) is 16.0 Å². The molecule has 0 radical (unpaired) electrons. The Balaban J connectivity index is 1.37. The molecule has 0 aliphatic carbocycles. The molecule has 6 nitrogen and oxygen atoms in total. The summed E-state index contributed by atoms with van der Waals surface area (Å²) in [4.78, 5) is 40.7. The van der Waals surface area contributed by atoms with Crippen molar-refractivity contribution >= 4 is 46.9 Å². The molecule has 5 rings (SSSR count). The highest BCUT2D eigenvalue weighted by Crippen LogP contribution is 2.37. The topological polar surface area (TPSA) is 87.3 Å². The molecular weight excluding hydrogens is 585 g/mol. The highest BCUT2D eigenvalue weighted by molar-refractivity contribution is 8.00. The summed E-state index contributed by atoms with van der Waals surface area (Å²) < 4.78 is 13.4. The lowest BCUT2D eigenvalue weighted by atomic mass is 10.1. The van der Waals surface area contributed by atoms with Crippen molar-refractivity contribution in [3.8, 4) is 0 Å². The highest BCUT2D eigenvalue weighted by Gasteiger charge is 2.23. The lowest BCUT2D eigenvalue weighted by Crippen LogP contribution is -2.30. The van der Waals surface area contributed by atoms with Crippen molar-refractivity contribution in [1.29, 1.82) is 0 Å². The van der Waals surface area contributed by atoms with Gasteiger partial charge in [-0.3, -0.25) is 14.4 Å². The minimum atomic E-state index is -0.635. The molecule has 0 aliphatic heterocycles. The van der Waals surface area contributed by atoms with Gasteiger partial charge in [-0.1, -0.05) is 84.4 Å². The number of nitrogens with one attached hydrogen (secondary N) is 3. The van der Waals surface area contributed by atoms with Crippen molar-refractivity contribution in [3.63, 3.8) is 0 Å². The second kappa shape index (κ2) is 14.8. The first kappa shape index (κ1) is 31.0. The Morgan fingerprint density at radius 1 is 0.711 bits per heavy atom. The zero-order valence-electron chi connectivity index (χ0n) is 24.4. The van der Waals surface area contributed by atoms with Gasteiger partial charge in [0.25, 0.3) is 11.8 Å². The van der Waals surface area contributed by atoms with E-state index < -0.39 is 22.9 Å². The number of aryl methyl sites for hydroxylation is 1. The van der Waals surface area contributed by atoms with Crippen molar-refractivity contribution < 1.29 is 18.8 Å². The van der Waals surface area contributed by atoms with Crippen molar-refractivity contribution in [2.75, 3.05) is 10.6 Å². The second-order valence-corrected chi connectivity index (χ2v) is 11.4. The minimum Gasteiger partial charge on any atom is -0.325 e. The summed E-state index contributed by atoms with van der Waals surface area (Å²) in [7, 11) is 0. The molecule has 0 fully saturated rings. The molecule has 0 bridgehead atoms. The van der Waals surface area contributed by atoms with Gasteiger partial charge in [0.1, 0.15) is 16.8 Å². The van der Waals surface area contributed by atoms with Gasteiger partial charge in [0.15, 0.2) is 0 Å². The van der Waals surface area contributed by atoms with Crippen LogP contribution in [0.4, 0.5) is 15.8 Å². The molecule has 3 amide bonds. The number of halogens is 1. The number of hydrogen-bond acceptors (Lipinski definition) is 4. The molecule has 1 unspecified atom stereocenters. The third-order valence-electron chi connectivity index (χ3n) is 6.72. The van der Waals surface area contributed by atoms with E-state index in [9.17, 15) is 18.8 Å². The van der Waals surface area contributed by atoms with Crippen molar-refractivity contribution in [2.45, 2.75) is 17.1 Å². The van der Waals surface area contributed by atoms with Gasteiger partial charge in [-0.05, 0) is 78.7 Å². The van der Waals surface area contributed by atoms with Gasteiger partial charge in [0.05, 0.1) is 0 Å². The van der Waals surface area contributed by atoms with Crippen LogP contribution in [-0.4, -0.2) is 17.7 Å². The maximum Gasteiger partial charge on any atom is 0.272 e. The monoisotopic (exact) mass is 615 g/mol. The van der Waals surface area contributed by atoms with Crippen molar-refractivity contribution in [1.82, 2.24) is 5.32 Å². The molecule has 224 valence electrons. The summed E-state index contributed by atoms with van der Waals surface area (Å²) in [5.74, 6) is -1.58. The largest absolute Gasteiger partial charge is 0.325 e. The summed E-state index contributed by atoms with van der Waals surface area (Å²) in [5, 5.41) is 7.87. The van der Waals surface area contributed by atoms with Crippen LogP contribution in [0.25, 0.3) is 6.08 Å². The predicted molar refractivity (Wildman–Crippen MR) is 178 cm³/mol. The molecular formula is C37H30FN3O3S. The first-order valence-corrected chi connectivity index (χ1v) is 15.1. The van der Waals surface area contributed by atoms with Crippen LogP contribution in [-0.2, 0) is 9.59 Å². The lowest BCUT2D eigenvalue weighted by molar-refractivity contribution is -0.116. The van der Waals surface area contributed by atoms with E-state index in [1.54, 1.807) is 48.5 Å². The maximum absolute atomic E-state index is 13.5. The Labute approximate surface area is 265 Å². The molecule has 0 heterocycles. The number of carbonyl (C=O) groups is 3. The average Bonchev–Trinajstić information content (AvgIpc) is 3.06. The number of carbonyl (C=O) groups excluding carboxylic acids is 3. The van der Waals surface area contributed by atoms with Gasteiger partial charge in [-0.2, -0.15) is 0 Å². The van der Waals surface area contributed by atoms with Crippen LogP contribution in [0.2, 0.25) is 0 Å². The molecule has 5 aromatic carbocycles. The number of hydrogen-bond donors (Lipinski definition) is 3. The Kier molecular flexibility index (Phi) is 10.2. The molecule has 5 aromatic rings. The fraction of sp³-hybridized carbons (Fsp3) is 0.0541. The van der Waals surface area contributed by atoms with Crippen LogP contribution < -0.4 is 16.0 Å². The number of rotatable bonds is 10. The van der Waals surface area contributed by atoms with E-state index in [-0.39, 0.29) is 11.6 Å². The summed E-state index contributed by atoms with van der Waals surface area (Å²) in [6, 6.07) is 38.3. The molecule has 8 heteroatoms. The smallest absolute Gasteiger partial charge is 0.272 e. The van der Waals surface area contributed by atoms with Crippen molar-refractivity contribution in [3.05, 3.63) is 167 Å². The molecule has 0 spiro atoms. The van der Waals surface area contributed by atoms with Crippen LogP contribution in [0.3, 0.4) is 0 Å². The second-order valence-electron chi connectivity index (χ2n) is 10.2. The fourth-order valence-electron chi connectivity index (χ4n) is 4.40. The third-order valence-corrected chi connectivity index (χ3v) is 7.96. The third kappa shape index (κ3) is 8.78. The van der Waals surface area contributed by atoms with Gasteiger partial charge in [0, 0.05) is 21.8 Å². The summed E-state index contributed by atoms with van der Waals surface area (Å²) in [6.07, 6.45) is 1.62. The standard InChI is InChI=1S/C37H30FN3O3S/c1-25-15-17-26(18-16-25)23-33(41-35(42)28-11-6-3-7-12-28)36(43)40-31-13-8-14-32(24-31)45-34(27-9-4-2-5-10-27)37(44)39-30-21-19-29(38)20-22-30/h2-24,34H,1H3,(H,39,44)(H,40,43)(H,41,42)/b33-23-. The van der Waals surface area contributed by atoms with Crippen LogP contribution in [0, 0.1) is 12.7 Å². The van der Waals surface area contributed by atoms with Gasteiger partial charge >= 0.3 is 0 Å². The highest BCUT2D eigenvalue weighted by atomic mass is 32.2. The number of anilines is 2. The van der Waals surface area contributed by atoms with Crippen LogP contribution in [0.5, 0.6) is 0 Å². The van der Waals surface area contributed by atoms with Crippen LogP contribution in [0.1, 0.15) is 32.3 Å². The Morgan fingerprint density at radius 2 is 1.38 bits per heavy atom. The average molecular weight is 616 g/mol. The quantitative estimate of drug-likeness (QED) is 0.110. The zero-order chi connectivity index (χ0) is 31.6. The Hall–Kier alpha value is -5.47. The minimum absolute atomic E-state index is 0.0756. The van der Waals surface area contributed by atoms with E-state index in [4.69, 9.17) is 0 Å². The van der Waals surface area contributed by atoms with Crippen molar-refractivity contribution in [2.24, 2.45) is 0 Å². The van der Waals surface area contributed by atoms with E-state index >= 15 is 0 Å². The lowest BCUT2D eigenvalue weighted by Gasteiger charge is -2.18. The molecule has 3 N–H and O–H groups in total. The predicted octanol–water partition coefficient (Wildman–Crippen LogP) is 8.02. The first-order chi connectivity index (χ1) is 21.8. The first-order valence-electron chi connectivity index (χ1n) is 14.2. The van der Waals surface area contributed by atoms with E-state index in [1.165, 1.54) is 36.0 Å². The SMILES string of the molecule is Cc1ccc(/C=C(\NC(=O)c2ccccc2)C(=O)Nc2cccc(SC(C(=O)Nc3ccc(F)cc3)c3ccccc3)c2)cc1. The molecule has 45 heavy (non-hydrogen) atoms. The molecule has 1 atom stereocenters. The van der Waals surface area contributed by atoms with Crippen LogP contribution >= 0.6 is 11.8 Å². The summed E-state index contributed by atoms with van der Waals surface area (Å²) in [5.41, 5.74) is 4.07. The van der Waals surface area contributed by atoms with Gasteiger partial charge in [-0.15, -0.1) is 11.8 Å². The van der Waals surface area contributed by atoms with E-state index in [0.29, 0.717) is 16.9 Å². The van der Waals surface area contributed by atoms with E-state index in [0.717, 1.165) is 21.6 Å². The number of thioether (sulfide) groups is 1. The Morgan fingerprint density at radius 3 is 2.07 bits per heavy atom. The molecule has 0 aromatic heterocycles.